The van der Waals surface area contributed by atoms with E-state index in [-0.39, 0.29) is 5.56 Å². The maximum absolute atomic E-state index is 12.4. The first-order valence-corrected chi connectivity index (χ1v) is 6.05. The second-order valence-electron chi connectivity index (χ2n) is 4.32. The Morgan fingerprint density at radius 2 is 1.67 bits per heavy atom. The first-order chi connectivity index (χ1) is 9.99. The SMILES string of the molecule is O=C(O)CN(CC(=O)O)C(=O)c1cccc2ncccc12. The Kier molecular flexibility index (Phi) is 4.13. The van der Waals surface area contributed by atoms with Crippen LogP contribution in [0.25, 0.3) is 10.9 Å². The van der Waals surface area contributed by atoms with E-state index in [0.29, 0.717) is 10.9 Å². The van der Waals surface area contributed by atoms with Gasteiger partial charge < -0.3 is 15.1 Å². The van der Waals surface area contributed by atoms with E-state index in [0.717, 1.165) is 4.90 Å². The summed E-state index contributed by atoms with van der Waals surface area (Å²) in [5.74, 6) is -3.20. The molecule has 0 aliphatic rings. The topological polar surface area (TPSA) is 108 Å². The number of aliphatic carboxylic acids is 2. The Hall–Kier alpha value is -2.96. The fourth-order valence-corrected chi connectivity index (χ4v) is 1.99. The zero-order valence-electron chi connectivity index (χ0n) is 10.9. The van der Waals surface area contributed by atoms with Crippen LogP contribution >= 0.6 is 0 Å². The fourth-order valence-electron chi connectivity index (χ4n) is 1.99. The molecule has 21 heavy (non-hydrogen) atoms. The van der Waals surface area contributed by atoms with Crippen molar-refractivity contribution in [2.45, 2.75) is 0 Å². The van der Waals surface area contributed by atoms with Crippen LogP contribution in [-0.4, -0.2) is 51.0 Å². The molecule has 0 spiro atoms. The van der Waals surface area contributed by atoms with Crippen molar-refractivity contribution in [3.05, 3.63) is 42.1 Å². The number of nitrogens with zero attached hydrogens (tertiary/aromatic N) is 2. The first-order valence-electron chi connectivity index (χ1n) is 6.05. The zero-order valence-corrected chi connectivity index (χ0v) is 10.9. The van der Waals surface area contributed by atoms with Crippen molar-refractivity contribution in [2.24, 2.45) is 0 Å². The van der Waals surface area contributed by atoms with E-state index in [1.165, 1.54) is 6.07 Å². The molecule has 0 saturated heterocycles. The minimum atomic E-state index is -1.28. The summed E-state index contributed by atoms with van der Waals surface area (Å²) < 4.78 is 0. The predicted molar refractivity (Wildman–Crippen MR) is 72.9 cm³/mol. The van der Waals surface area contributed by atoms with Crippen LogP contribution in [0.1, 0.15) is 10.4 Å². The fraction of sp³-hybridized carbons (Fsp3) is 0.143. The van der Waals surface area contributed by atoms with Crippen LogP contribution in [0, 0.1) is 0 Å². The number of carbonyl (C=O) groups is 3. The van der Waals surface area contributed by atoms with E-state index in [9.17, 15) is 14.4 Å². The van der Waals surface area contributed by atoms with Gasteiger partial charge in [-0.25, -0.2) is 0 Å². The van der Waals surface area contributed by atoms with Crippen molar-refractivity contribution < 1.29 is 24.6 Å². The van der Waals surface area contributed by atoms with Gasteiger partial charge in [0.1, 0.15) is 13.1 Å². The van der Waals surface area contributed by atoms with Gasteiger partial charge in [0.25, 0.3) is 5.91 Å². The average molecular weight is 288 g/mol. The largest absolute Gasteiger partial charge is 0.480 e. The van der Waals surface area contributed by atoms with Gasteiger partial charge in [0.05, 0.1) is 5.52 Å². The molecule has 2 aromatic rings. The molecule has 0 aliphatic heterocycles. The minimum Gasteiger partial charge on any atom is -0.480 e. The Morgan fingerprint density at radius 1 is 1.00 bits per heavy atom. The van der Waals surface area contributed by atoms with E-state index in [1.807, 2.05) is 0 Å². The summed E-state index contributed by atoms with van der Waals surface area (Å²) in [4.78, 5) is 38.9. The second-order valence-corrected chi connectivity index (χ2v) is 4.32. The van der Waals surface area contributed by atoms with Crippen molar-refractivity contribution >= 4 is 28.7 Å². The van der Waals surface area contributed by atoms with Crippen molar-refractivity contribution in [1.29, 1.82) is 0 Å². The van der Waals surface area contributed by atoms with Crippen molar-refractivity contribution in [1.82, 2.24) is 9.88 Å². The molecule has 0 radical (unpaired) electrons. The van der Waals surface area contributed by atoms with Crippen molar-refractivity contribution in [3.8, 4) is 0 Å². The van der Waals surface area contributed by atoms with E-state index < -0.39 is 30.9 Å². The highest BCUT2D eigenvalue weighted by atomic mass is 16.4. The Bertz CT molecular complexity index is 692. The third-order valence-electron chi connectivity index (χ3n) is 2.82. The van der Waals surface area contributed by atoms with Gasteiger partial charge in [0, 0.05) is 17.1 Å². The van der Waals surface area contributed by atoms with Crippen molar-refractivity contribution in [2.75, 3.05) is 13.1 Å². The Morgan fingerprint density at radius 3 is 2.29 bits per heavy atom. The maximum Gasteiger partial charge on any atom is 0.323 e. The number of carbonyl (C=O) groups excluding carboxylic acids is 1. The third-order valence-corrected chi connectivity index (χ3v) is 2.82. The number of aromatic nitrogens is 1. The van der Waals surface area contributed by atoms with Crippen LogP contribution in [0.5, 0.6) is 0 Å². The van der Waals surface area contributed by atoms with Crippen LogP contribution in [0.4, 0.5) is 0 Å². The lowest BCUT2D eigenvalue weighted by atomic mass is 10.1. The van der Waals surface area contributed by atoms with Gasteiger partial charge in [-0.3, -0.25) is 19.4 Å². The van der Waals surface area contributed by atoms with Gasteiger partial charge in [0.15, 0.2) is 0 Å². The van der Waals surface area contributed by atoms with E-state index in [1.54, 1.807) is 30.5 Å². The maximum atomic E-state index is 12.4. The van der Waals surface area contributed by atoms with Gasteiger partial charge in [-0.15, -0.1) is 0 Å². The van der Waals surface area contributed by atoms with Gasteiger partial charge in [-0.05, 0) is 18.2 Å². The molecule has 1 amide bonds. The van der Waals surface area contributed by atoms with Crippen LogP contribution in [0.2, 0.25) is 0 Å². The summed E-state index contributed by atoms with van der Waals surface area (Å²) in [7, 11) is 0. The molecular formula is C14H12N2O5. The van der Waals surface area contributed by atoms with E-state index in [2.05, 4.69) is 4.98 Å². The third kappa shape index (κ3) is 3.33. The number of pyridine rings is 1. The summed E-state index contributed by atoms with van der Waals surface area (Å²) in [6.45, 7) is -1.36. The lowest BCUT2D eigenvalue weighted by molar-refractivity contribution is -0.140. The number of amides is 1. The summed E-state index contributed by atoms with van der Waals surface area (Å²) in [5, 5.41) is 18.2. The average Bonchev–Trinajstić information content (AvgIpc) is 2.44. The molecule has 0 fully saturated rings. The van der Waals surface area contributed by atoms with Gasteiger partial charge in [-0.1, -0.05) is 12.1 Å². The number of carboxylic acids is 2. The van der Waals surface area contributed by atoms with E-state index in [4.69, 9.17) is 10.2 Å². The molecular weight excluding hydrogens is 276 g/mol. The highest BCUT2D eigenvalue weighted by Gasteiger charge is 2.22. The molecule has 1 aromatic carbocycles. The molecule has 7 heteroatoms. The monoisotopic (exact) mass is 288 g/mol. The zero-order chi connectivity index (χ0) is 15.4. The second kappa shape index (κ2) is 6.00. The molecule has 1 aromatic heterocycles. The smallest absolute Gasteiger partial charge is 0.323 e. The summed E-state index contributed by atoms with van der Waals surface area (Å²) in [6.07, 6.45) is 1.57. The summed E-state index contributed by atoms with van der Waals surface area (Å²) >= 11 is 0. The molecule has 0 atom stereocenters. The lowest BCUT2D eigenvalue weighted by Gasteiger charge is -2.19. The molecule has 0 saturated carbocycles. The predicted octanol–water partition coefficient (Wildman–Crippen LogP) is 0.846. The number of hydrogen-bond acceptors (Lipinski definition) is 4. The molecule has 2 N–H and O–H groups in total. The van der Waals surface area contributed by atoms with Gasteiger partial charge in [-0.2, -0.15) is 0 Å². The molecule has 0 aliphatic carbocycles. The van der Waals surface area contributed by atoms with Crippen LogP contribution in [0.3, 0.4) is 0 Å². The number of fused-ring (bicyclic) bond motifs is 1. The summed E-state index contributed by atoms with van der Waals surface area (Å²) in [6, 6.07) is 8.17. The number of rotatable bonds is 5. The van der Waals surface area contributed by atoms with Gasteiger partial charge in [0.2, 0.25) is 0 Å². The Labute approximate surface area is 119 Å². The standard InChI is InChI=1S/C14H12N2O5/c17-12(18)7-16(8-13(19)20)14(21)10-3-1-5-11-9(10)4-2-6-15-11/h1-6H,7-8H2,(H,17,18)(H,19,20). The highest BCUT2D eigenvalue weighted by Crippen LogP contribution is 2.18. The molecule has 2 rings (SSSR count). The number of benzene rings is 1. The highest BCUT2D eigenvalue weighted by molar-refractivity contribution is 6.07. The molecule has 1 heterocycles. The molecule has 0 unspecified atom stereocenters. The number of hydrogen-bond donors (Lipinski definition) is 2. The minimum absolute atomic E-state index is 0.225. The van der Waals surface area contributed by atoms with Crippen LogP contribution in [0.15, 0.2) is 36.5 Å². The number of carboxylic acid groups (broad SMARTS) is 2. The molecule has 0 bridgehead atoms. The van der Waals surface area contributed by atoms with E-state index >= 15 is 0 Å². The molecule has 108 valence electrons. The van der Waals surface area contributed by atoms with Crippen molar-refractivity contribution in [3.63, 3.8) is 0 Å². The van der Waals surface area contributed by atoms with Crippen LogP contribution < -0.4 is 0 Å². The lowest BCUT2D eigenvalue weighted by Crippen LogP contribution is -2.39. The Balaban J connectivity index is 2.42. The first kappa shape index (κ1) is 14.4. The quantitative estimate of drug-likeness (QED) is 0.844. The summed E-state index contributed by atoms with van der Waals surface area (Å²) in [5.41, 5.74) is 0.803. The normalized spacial score (nSPS) is 10.3. The van der Waals surface area contributed by atoms with Gasteiger partial charge >= 0.3 is 11.9 Å². The molecule has 7 nitrogen and oxygen atoms in total. The van der Waals surface area contributed by atoms with Crippen LogP contribution in [-0.2, 0) is 9.59 Å².